The van der Waals surface area contributed by atoms with Crippen molar-refractivity contribution in [2.24, 2.45) is 0 Å². The summed E-state index contributed by atoms with van der Waals surface area (Å²) in [5.41, 5.74) is 2.88. The van der Waals surface area contributed by atoms with Crippen LogP contribution in [-0.4, -0.2) is 19.2 Å². The van der Waals surface area contributed by atoms with Crippen molar-refractivity contribution in [1.29, 1.82) is 0 Å². The van der Waals surface area contributed by atoms with Crippen LogP contribution in [0.3, 0.4) is 0 Å². The molecule has 0 amide bonds. The van der Waals surface area contributed by atoms with E-state index in [1.807, 2.05) is 0 Å². The molecule has 0 saturated carbocycles. The Kier molecular flexibility index (Phi) is 2.47. The van der Waals surface area contributed by atoms with Crippen molar-refractivity contribution in [1.82, 2.24) is 5.32 Å². The van der Waals surface area contributed by atoms with Gasteiger partial charge in [0.2, 0.25) is 0 Å². The summed E-state index contributed by atoms with van der Waals surface area (Å²) in [6.07, 6.45) is 2.88. The number of benzene rings is 1. The minimum absolute atomic E-state index is 0.440. The summed E-state index contributed by atoms with van der Waals surface area (Å²) in [5.74, 6) is 0.567. The van der Waals surface area contributed by atoms with Crippen molar-refractivity contribution >= 4 is 0 Å². The van der Waals surface area contributed by atoms with Gasteiger partial charge in [0.25, 0.3) is 0 Å². The van der Waals surface area contributed by atoms with Gasteiger partial charge in [0, 0.05) is 12.5 Å². The van der Waals surface area contributed by atoms with Gasteiger partial charge in [-0.1, -0.05) is 24.3 Å². The molecule has 0 spiro atoms. The first-order valence-corrected chi connectivity index (χ1v) is 5.85. The molecule has 2 nitrogen and oxygen atoms in total. The lowest BCUT2D eigenvalue weighted by Crippen LogP contribution is -2.32. The van der Waals surface area contributed by atoms with Crippen molar-refractivity contribution < 1.29 is 4.74 Å². The molecule has 2 aliphatic rings. The van der Waals surface area contributed by atoms with Crippen LogP contribution in [0.15, 0.2) is 24.3 Å². The molecular formula is C13H17NO. The van der Waals surface area contributed by atoms with E-state index in [-0.39, 0.29) is 0 Å². The highest BCUT2D eigenvalue weighted by atomic mass is 16.5. The van der Waals surface area contributed by atoms with Crippen LogP contribution in [0.25, 0.3) is 0 Å². The highest BCUT2D eigenvalue weighted by molar-refractivity contribution is 5.33. The first-order chi connectivity index (χ1) is 7.45. The number of fused-ring (bicyclic) bond motifs is 3. The van der Waals surface area contributed by atoms with Crippen molar-refractivity contribution in [2.45, 2.75) is 31.5 Å². The monoisotopic (exact) mass is 203 g/mol. The van der Waals surface area contributed by atoms with E-state index in [0.29, 0.717) is 12.0 Å². The van der Waals surface area contributed by atoms with Crippen LogP contribution < -0.4 is 5.32 Å². The molecule has 15 heavy (non-hydrogen) atoms. The molecule has 1 fully saturated rings. The third kappa shape index (κ3) is 1.68. The van der Waals surface area contributed by atoms with Gasteiger partial charge >= 0.3 is 0 Å². The zero-order valence-corrected chi connectivity index (χ0v) is 8.91. The maximum absolute atomic E-state index is 5.95. The number of hydrogen-bond donors (Lipinski definition) is 1. The molecule has 0 aromatic heterocycles. The summed E-state index contributed by atoms with van der Waals surface area (Å²) in [7, 11) is 0. The zero-order chi connectivity index (χ0) is 10.1. The van der Waals surface area contributed by atoms with E-state index in [4.69, 9.17) is 4.74 Å². The summed E-state index contributed by atoms with van der Waals surface area (Å²) >= 11 is 0. The lowest BCUT2D eigenvalue weighted by Gasteiger charge is -2.32. The minimum Gasteiger partial charge on any atom is -0.373 e. The number of hydrogen-bond acceptors (Lipinski definition) is 2. The lowest BCUT2D eigenvalue weighted by molar-refractivity contribution is 0.00662. The van der Waals surface area contributed by atoms with Crippen LogP contribution in [-0.2, 0) is 11.3 Å². The first kappa shape index (κ1) is 9.37. The highest BCUT2D eigenvalue weighted by Crippen LogP contribution is 2.33. The minimum atomic E-state index is 0.440. The zero-order valence-electron chi connectivity index (χ0n) is 8.91. The standard InChI is InChI=1S/C13H17NO/c1-2-5-11-10(4-1)9-15-13-6-3-7-14-8-12(11)13/h1-2,4-5,12-14H,3,6-9H2. The fraction of sp³-hybridized carbons (Fsp3) is 0.538. The third-order valence-electron chi connectivity index (χ3n) is 3.56. The van der Waals surface area contributed by atoms with Gasteiger partial charge in [0.1, 0.15) is 0 Å². The first-order valence-electron chi connectivity index (χ1n) is 5.85. The smallest absolute Gasteiger partial charge is 0.0723 e. The largest absolute Gasteiger partial charge is 0.373 e. The van der Waals surface area contributed by atoms with Crippen LogP contribution in [0.4, 0.5) is 0 Å². The normalized spacial score (nSPS) is 30.1. The predicted octanol–water partition coefficient (Wildman–Crippen LogP) is 2.05. The Balaban J connectivity index is 1.96. The average Bonchev–Trinajstić information content (AvgIpc) is 2.54. The Bertz CT molecular complexity index is 350. The van der Waals surface area contributed by atoms with Gasteiger partial charge in [0.15, 0.2) is 0 Å². The Morgan fingerprint density at radius 2 is 2.20 bits per heavy atom. The number of rotatable bonds is 0. The molecule has 2 heteroatoms. The van der Waals surface area contributed by atoms with Gasteiger partial charge in [-0.05, 0) is 30.5 Å². The molecule has 80 valence electrons. The Hall–Kier alpha value is -0.860. The van der Waals surface area contributed by atoms with E-state index in [1.165, 1.54) is 24.0 Å². The highest BCUT2D eigenvalue weighted by Gasteiger charge is 2.30. The summed E-state index contributed by atoms with van der Waals surface area (Å²) in [4.78, 5) is 0. The van der Waals surface area contributed by atoms with E-state index < -0.39 is 0 Å². The molecule has 3 rings (SSSR count). The molecule has 2 heterocycles. The van der Waals surface area contributed by atoms with E-state index in [2.05, 4.69) is 29.6 Å². The second-order valence-corrected chi connectivity index (χ2v) is 4.50. The molecule has 0 aliphatic carbocycles. The van der Waals surface area contributed by atoms with Gasteiger partial charge in [-0.2, -0.15) is 0 Å². The van der Waals surface area contributed by atoms with Crippen molar-refractivity contribution in [2.75, 3.05) is 13.1 Å². The molecule has 2 unspecified atom stereocenters. The predicted molar refractivity (Wildman–Crippen MR) is 59.9 cm³/mol. The van der Waals surface area contributed by atoms with Crippen LogP contribution in [0.1, 0.15) is 29.9 Å². The molecule has 0 radical (unpaired) electrons. The van der Waals surface area contributed by atoms with Gasteiger partial charge < -0.3 is 10.1 Å². The Morgan fingerprint density at radius 1 is 1.27 bits per heavy atom. The maximum Gasteiger partial charge on any atom is 0.0723 e. The summed E-state index contributed by atoms with van der Waals surface area (Å²) < 4.78 is 5.95. The van der Waals surface area contributed by atoms with Crippen LogP contribution >= 0.6 is 0 Å². The molecule has 1 saturated heterocycles. The van der Waals surface area contributed by atoms with Crippen molar-refractivity contribution in [3.05, 3.63) is 35.4 Å². The van der Waals surface area contributed by atoms with Gasteiger partial charge in [-0.25, -0.2) is 0 Å². The molecular weight excluding hydrogens is 186 g/mol. The molecule has 1 N–H and O–H groups in total. The van der Waals surface area contributed by atoms with Crippen LogP contribution in [0.5, 0.6) is 0 Å². The van der Waals surface area contributed by atoms with E-state index >= 15 is 0 Å². The quantitative estimate of drug-likeness (QED) is 0.697. The molecule has 1 aromatic carbocycles. The van der Waals surface area contributed by atoms with Gasteiger partial charge in [-0.3, -0.25) is 0 Å². The van der Waals surface area contributed by atoms with Gasteiger partial charge in [-0.15, -0.1) is 0 Å². The number of ether oxygens (including phenoxy) is 1. The fourth-order valence-corrected chi connectivity index (χ4v) is 2.75. The second kappa shape index (κ2) is 3.95. The van der Waals surface area contributed by atoms with Crippen LogP contribution in [0.2, 0.25) is 0 Å². The van der Waals surface area contributed by atoms with Crippen molar-refractivity contribution in [3.63, 3.8) is 0 Å². The summed E-state index contributed by atoms with van der Waals surface area (Å²) in [6, 6.07) is 8.71. The molecule has 1 aromatic rings. The van der Waals surface area contributed by atoms with Crippen LogP contribution in [0, 0.1) is 0 Å². The topological polar surface area (TPSA) is 21.3 Å². The fourth-order valence-electron chi connectivity index (χ4n) is 2.75. The summed E-state index contributed by atoms with van der Waals surface area (Å²) in [6.45, 7) is 3.01. The van der Waals surface area contributed by atoms with Crippen molar-refractivity contribution in [3.8, 4) is 0 Å². The summed E-state index contributed by atoms with van der Waals surface area (Å²) in [5, 5.41) is 3.51. The Labute approximate surface area is 90.6 Å². The molecule has 2 aliphatic heterocycles. The maximum atomic E-state index is 5.95. The third-order valence-corrected chi connectivity index (χ3v) is 3.56. The molecule has 2 atom stereocenters. The average molecular weight is 203 g/mol. The van der Waals surface area contributed by atoms with E-state index in [0.717, 1.165) is 19.7 Å². The Morgan fingerprint density at radius 3 is 3.20 bits per heavy atom. The lowest BCUT2D eigenvalue weighted by atomic mass is 9.86. The SMILES string of the molecule is c1ccc2c(c1)COC1CCCNCC21. The molecule has 0 bridgehead atoms. The van der Waals surface area contributed by atoms with E-state index in [1.54, 1.807) is 0 Å². The van der Waals surface area contributed by atoms with E-state index in [9.17, 15) is 0 Å². The van der Waals surface area contributed by atoms with Gasteiger partial charge in [0.05, 0.1) is 12.7 Å². The second-order valence-electron chi connectivity index (χ2n) is 4.50. The number of nitrogens with one attached hydrogen (secondary N) is 1.